The Labute approximate surface area is 207 Å². The summed E-state index contributed by atoms with van der Waals surface area (Å²) in [4.78, 5) is 15.6. The molecule has 0 aliphatic carbocycles. The molecule has 4 aromatic rings. The van der Waals surface area contributed by atoms with E-state index in [1.54, 1.807) is 12.3 Å². The van der Waals surface area contributed by atoms with Gasteiger partial charge in [-0.1, -0.05) is 29.3 Å². The van der Waals surface area contributed by atoms with Crippen molar-refractivity contribution >= 4 is 45.7 Å². The number of rotatable bonds is 8. The van der Waals surface area contributed by atoms with E-state index in [4.69, 9.17) is 32.7 Å². The van der Waals surface area contributed by atoms with E-state index in [2.05, 4.69) is 25.2 Å². The minimum Gasteiger partial charge on any atom is -0.454 e. The topological polar surface area (TPSA) is 72.4 Å². The first kappa shape index (κ1) is 22.5. The molecule has 2 aromatic heterocycles. The van der Waals surface area contributed by atoms with Gasteiger partial charge in [-0.2, -0.15) is 0 Å². The monoisotopic (exact) mass is 495 g/mol. The summed E-state index contributed by atoms with van der Waals surface area (Å²) < 4.78 is 11.0. The second-order valence-corrected chi connectivity index (χ2v) is 8.87. The zero-order chi connectivity index (χ0) is 23.5. The van der Waals surface area contributed by atoms with Crippen LogP contribution in [0.5, 0.6) is 11.5 Å². The Morgan fingerprint density at radius 1 is 1.00 bits per heavy atom. The zero-order valence-electron chi connectivity index (χ0n) is 18.6. The summed E-state index contributed by atoms with van der Waals surface area (Å²) in [6.07, 6.45) is 2.65. The minimum absolute atomic E-state index is 0.251. The van der Waals surface area contributed by atoms with Crippen LogP contribution in [0.2, 0.25) is 10.2 Å². The van der Waals surface area contributed by atoms with Crippen LogP contribution in [0.4, 0.5) is 11.6 Å². The molecule has 0 saturated carbocycles. The minimum atomic E-state index is 0.251. The van der Waals surface area contributed by atoms with Crippen LogP contribution in [0, 0.1) is 6.92 Å². The third-order valence-electron chi connectivity index (χ3n) is 5.53. The third-order valence-corrected chi connectivity index (χ3v) is 5.96. The van der Waals surface area contributed by atoms with E-state index >= 15 is 0 Å². The van der Waals surface area contributed by atoms with Crippen LogP contribution in [0.3, 0.4) is 0 Å². The lowest BCUT2D eigenvalue weighted by molar-refractivity contribution is 0.174. The van der Waals surface area contributed by atoms with E-state index in [1.165, 1.54) is 0 Å². The summed E-state index contributed by atoms with van der Waals surface area (Å²) in [7, 11) is 0. The van der Waals surface area contributed by atoms with Crippen molar-refractivity contribution in [3.63, 3.8) is 0 Å². The van der Waals surface area contributed by atoms with Crippen LogP contribution in [-0.4, -0.2) is 34.8 Å². The molecule has 5 rings (SSSR count). The van der Waals surface area contributed by atoms with Gasteiger partial charge in [0.2, 0.25) is 12.7 Å². The molecule has 1 N–H and O–H groups in total. The largest absolute Gasteiger partial charge is 0.454 e. The van der Waals surface area contributed by atoms with E-state index in [1.807, 2.05) is 49.4 Å². The molecule has 0 bridgehead atoms. The highest BCUT2D eigenvalue weighted by Gasteiger charge is 2.17. The molecule has 0 saturated heterocycles. The normalized spacial score (nSPS) is 12.2. The number of fused-ring (bicyclic) bond motifs is 2. The van der Waals surface area contributed by atoms with Gasteiger partial charge in [0.1, 0.15) is 5.15 Å². The molecule has 0 fully saturated rings. The Bertz CT molecular complexity index is 1310. The van der Waals surface area contributed by atoms with Crippen molar-refractivity contribution in [3.05, 3.63) is 76.2 Å². The number of aromatic nitrogens is 3. The molecule has 0 spiro atoms. The molecule has 9 heteroatoms. The Balaban J connectivity index is 1.30. The zero-order valence-corrected chi connectivity index (χ0v) is 20.1. The number of benzene rings is 2. The quantitative estimate of drug-likeness (QED) is 0.241. The maximum atomic E-state index is 6.24. The molecule has 2 aromatic carbocycles. The molecule has 0 amide bonds. The average Bonchev–Trinajstić information content (AvgIpc) is 3.28. The lowest BCUT2D eigenvalue weighted by Gasteiger charge is -2.23. The molecule has 7 nitrogen and oxygen atoms in total. The number of anilines is 2. The standard InChI is InChI=1S/C25H23Cl2N5O2/c1-16-11-24(27)31-25(30-16)32(14-17-3-6-22-23(12-17)34-15-33-22)10-2-8-28-20-7-9-29-21-13-18(26)4-5-19(20)21/h3-7,9,11-13H,2,8,10,14-15H2,1H3,(H,28,29). The Morgan fingerprint density at radius 2 is 1.88 bits per heavy atom. The number of aryl methyl sites for hydroxylation is 1. The summed E-state index contributed by atoms with van der Waals surface area (Å²) in [5.74, 6) is 2.12. The number of ether oxygens (including phenoxy) is 2. The van der Waals surface area contributed by atoms with Crippen LogP contribution >= 0.6 is 23.2 Å². The van der Waals surface area contributed by atoms with Gasteiger partial charge in [-0.25, -0.2) is 9.97 Å². The van der Waals surface area contributed by atoms with E-state index in [-0.39, 0.29) is 6.79 Å². The summed E-state index contributed by atoms with van der Waals surface area (Å²) >= 11 is 12.3. The predicted octanol–water partition coefficient (Wildman–Crippen LogP) is 5.88. The van der Waals surface area contributed by atoms with Crippen molar-refractivity contribution in [2.24, 2.45) is 0 Å². The van der Waals surface area contributed by atoms with E-state index in [0.29, 0.717) is 22.7 Å². The summed E-state index contributed by atoms with van der Waals surface area (Å²) in [5, 5.41) is 5.66. The molecular weight excluding hydrogens is 473 g/mol. The van der Waals surface area contributed by atoms with Crippen LogP contribution in [0.25, 0.3) is 10.9 Å². The fourth-order valence-corrected chi connectivity index (χ4v) is 4.33. The summed E-state index contributed by atoms with van der Waals surface area (Å²) in [5.41, 5.74) is 3.80. The van der Waals surface area contributed by atoms with Crippen molar-refractivity contribution in [1.29, 1.82) is 0 Å². The van der Waals surface area contributed by atoms with Crippen molar-refractivity contribution in [3.8, 4) is 11.5 Å². The van der Waals surface area contributed by atoms with Gasteiger partial charge < -0.3 is 19.7 Å². The van der Waals surface area contributed by atoms with Gasteiger partial charge in [-0.15, -0.1) is 0 Å². The van der Waals surface area contributed by atoms with Crippen LogP contribution in [-0.2, 0) is 6.54 Å². The molecule has 34 heavy (non-hydrogen) atoms. The van der Waals surface area contributed by atoms with Gasteiger partial charge in [-0.05, 0) is 61.4 Å². The van der Waals surface area contributed by atoms with Gasteiger partial charge in [0.05, 0.1) is 5.52 Å². The number of hydrogen-bond acceptors (Lipinski definition) is 7. The van der Waals surface area contributed by atoms with Gasteiger partial charge in [0.15, 0.2) is 11.5 Å². The number of pyridine rings is 1. The fraction of sp³-hybridized carbons (Fsp3) is 0.240. The lowest BCUT2D eigenvalue weighted by atomic mass is 10.1. The number of nitrogens with one attached hydrogen (secondary N) is 1. The average molecular weight is 496 g/mol. The smallest absolute Gasteiger partial charge is 0.231 e. The van der Waals surface area contributed by atoms with Gasteiger partial charge >= 0.3 is 0 Å². The van der Waals surface area contributed by atoms with Gasteiger partial charge in [0, 0.05) is 47.6 Å². The highest BCUT2D eigenvalue weighted by atomic mass is 35.5. The second kappa shape index (κ2) is 9.91. The Hall–Kier alpha value is -3.29. The van der Waals surface area contributed by atoms with Crippen LogP contribution in [0.1, 0.15) is 17.7 Å². The molecule has 174 valence electrons. The molecule has 1 aliphatic rings. The molecule has 0 atom stereocenters. The first-order valence-corrected chi connectivity index (χ1v) is 11.7. The van der Waals surface area contributed by atoms with E-state index in [0.717, 1.165) is 58.9 Å². The second-order valence-electron chi connectivity index (χ2n) is 8.04. The highest BCUT2D eigenvalue weighted by Crippen LogP contribution is 2.33. The Morgan fingerprint density at radius 3 is 2.76 bits per heavy atom. The number of hydrogen-bond donors (Lipinski definition) is 1. The number of halogens is 2. The van der Waals surface area contributed by atoms with Crippen LogP contribution < -0.4 is 19.7 Å². The molecular formula is C25H23Cl2N5O2. The molecule has 1 aliphatic heterocycles. The predicted molar refractivity (Wildman–Crippen MR) is 135 cm³/mol. The molecule has 3 heterocycles. The lowest BCUT2D eigenvalue weighted by Crippen LogP contribution is -2.27. The molecule has 0 radical (unpaired) electrons. The fourth-order valence-electron chi connectivity index (χ4n) is 3.93. The van der Waals surface area contributed by atoms with Crippen molar-refractivity contribution in [2.75, 3.05) is 30.1 Å². The molecule has 0 unspecified atom stereocenters. The summed E-state index contributed by atoms with van der Waals surface area (Å²) in [6, 6.07) is 15.4. The first-order chi connectivity index (χ1) is 16.5. The van der Waals surface area contributed by atoms with Crippen molar-refractivity contribution in [2.45, 2.75) is 19.9 Å². The van der Waals surface area contributed by atoms with Gasteiger partial charge in [-0.3, -0.25) is 4.98 Å². The van der Waals surface area contributed by atoms with Crippen molar-refractivity contribution in [1.82, 2.24) is 15.0 Å². The first-order valence-electron chi connectivity index (χ1n) is 11.0. The SMILES string of the molecule is Cc1cc(Cl)nc(N(CCCNc2ccnc3cc(Cl)ccc23)Cc2ccc3c(c2)OCO3)n1. The summed E-state index contributed by atoms with van der Waals surface area (Å²) in [6.45, 7) is 4.28. The maximum Gasteiger partial charge on any atom is 0.231 e. The van der Waals surface area contributed by atoms with E-state index in [9.17, 15) is 0 Å². The Kier molecular flexibility index (Phi) is 6.56. The van der Waals surface area contributed by atoms with Crippen LogP contribution in [0.15, 0.2) is 54.7 Å². The van der Waals surface area contributed by atoms with Gasteiger partial charge in [0.25, 0.3) is 0 Å². The number of nitrogens with zero attached hydrogens (tertiary/aromatic N) is 4. The third kappa shape index (κ3) is 5.11. The van der Waals surface area contributed by atoms with Crippen molar-refractivity contribution < 1.29 is 9.47 Å². The van der Waals surface area contributed by atoms with E-state index < -0.39 is 0 Å². The highest BCUT2D eigenvalue weighted by molar-refractivity contribution is 6.31. The maximum absolute atomic E-state index is 6.24.